The van der Waals surface area contributed by atoms with E-state index < -0.39 is 0 Å². The van der Waals surface area contributed by atoms with Gasteiger partial charge < -0.3 is 11.1 Å². The van der Waals surface area contributed by atoms with Crippen LogP contribution in [-0.4, -0.2) is 9.78 Å². The van der Waals surface area contributed by atoms with Crippen LogP contribution >= 0.6 is 15.9 Å². The first-order chi connectivity index (χ1) is 8.52. The third-order valence-electron chi connectivity index (χ3n) is 2.93. The highest BCUT2D eigenvalue weighted by atomic mass is 79.9. The second-order valence-corrected chi connectivity index (χ2v) is 5.16. The van der Waals surface area contributed by atoms with Crippen LogP contribution in [0.25, 0.3) is 0 Å². The predicted molar refractivity (Wildman–Crippen MR) is 79.2 cm³/mol. The summed E-state index contributed by atoms with van der Waals surface area (Å²) in [6.45, 7) is 6.81. The molecule has 2 aromatic rings. The van der Waals surface area contributed by atoms with E-state index in [1.54, 1.807) is 0 Å². The molecule has 0 saturated carbocycles. The average molecular weight is 309 g/mol. The van der Waals surface area contributed by atoms with Gasteiger partial charge in [-0.15, -0.1) is 0 Å². The molecule has 0 bridgehead atoms. The van der Waals surface area contributed by atoms with E-state index in [9.17, 15) is 0 Å². The Morgan fingerprint density at radius 3 is 2.78 bits per heavy atom. The minimum atomic E-state index is 0.705. The lowest BCUT2D eigenvalue weighted by atomic mass is 10.2. The summed E-state index contributed by atoms with van der Waals surface area (Å²) in [5, 5.41) is 7.76. The van der Waals surface area contributed by atoms with Crippen molar-refractivity contribution in [3.63, 3.8) is 0 Å². The minimum absolute atomic E-state index is 0.705. The molecular weight excluding hydrogens is 292 g/mol. The van der Waals surface area contributed by atoms with Crippen molar-refractivity contribution in [1.82, 2.24) is 9.78 Å². The normalized spacial score (nSPS) is 10.7. The Hall–Kier alpha value is -1.49. The number of hydrogen-bond acceptors (Lipinski definition) is 3. The van der Waals surface area contributed by atoms with E-state index >= 15 is 0 Å². The van der Waals surface area contributed by atoms with Crippen molar-refractivity contribution in [2.24, 2.45) is 0 Å². The van der Waals surface area contributed by atoms with Gasteiger partial charge in [-0.2, -0.15) is 5.10 Å². The van der Waals surface area contributed by atoms with Crippen molar-refractivity contribution in [1.29, 1.82) is 0 Å². The van der Waals surface area contributed by atoms with Gasteiger partial charge in [-0.3, -0.25) is 0 Å². The molecule has 2 rings (SSSR count). The van der Waals surface area contributed by atoms with E-state index in [1.165, 1.54) is 5.56 Å². The summed E-state index contributed by atoms with van der Waals surface area (Å²) >= 11 is 3.48. The maximum absolute atomic E-state index is 6.06. The van der Waals surface area contributed by atoms with Gasteiger partial charge in [-0.1, -0.05) is 22.0 Å². The van der Waals surface area contributed by atoms with Crippen molar-refractivity contribution in [3.05, 3.63) is 33.9 Å². The van der Waals surface area contributed by atoms with Gasteiger partial charge in [0, 0.05) is 16.7 Å². The second-order valence-electron chi connectivity index (χ2n) is 4.25. The molecule has 96 valence electrons. The largest absolute Gasteiger partial charge is 0.394 e. The summed E-state index contributed by atoms with van der Waals surface area (Å²) in [4.78, 5) is 0. The van der Waals surface area contributed by atoms with E-state index in [2.05, 4.69) is 39.3 Å². The van der Waals surface area contributed by atoms with Crippen molar-refractivity contribution in [3.8, 4) is 0 Å². The fraction of sp³-hybridized carbons (Fsp3) is 0.308. The van der Waals surface area contributed by atoms with Crippen LogP contribution in [0.4, 0.5) is 17.2 Å². The quantitative estimate of drug-likeness (QED) is 0.910. The Bertz CT molecular complexity index is 575. The van der Waals surface area contributed by atoms with Gasteiger partial charge in [0.25, 0.3) is 0 Å². The smallest absolute Gasteiger partial charge is 0.152 e. The van der Waals surface area contributed by atoms with Crippen LogP contribution < -0.4 is 11.1 Å². The van der Waals surface area contributed by atoms with Gasteiger partial charge in [0.1, 0.15) is 0 Å². The number of halogens is 1. The number of nitrogens with zero attached hydrogens (tertiary/aromatic N) is 2. The molecule has 0 saturated heterocycles. The first-order valence-electron chi connectivity index (χ1n) is 5.89. The number of nitrogens with two attached hydrogens (primary N) is 1. The number of nitrogen functional groups attached to an aromatic ring is 1. The Labute approximate surface area is 115 Å². The lowest BCUT2D eigenvalue weighted by Gasteiger charge is -2.12. The van der Waals surface area contributed by atoms with Gasteiger partial charge >= 0.3 is 0 Å². The number of aryl methyl sites for hydroxylation is 3. The van der Waals surface area contributed by atoms with Gasteiger partial charge in [0.2, 0.25) is 0 Å². The summed E-state index contributed by atoms with van der Waals surface area (Å²) in [5.74, 6) is 0.858. The van der Waals surface area contributed by atoms with Crippen LogP contribution in [-0.2, 0) is 6.54 Å². The summed E-state index contributed by atoms with van der Waals surface area (Å²) in [7, 11) is 0. The minimum Gasteiger partial charge on any atom is -0.394 e. The Morgan fingerprint density at radius 1 is 1.39 bits per heavy atom. The third-order valence-corrected chi connectivity index (χ3v) is 3.42. The zero-order valence-electron chi connectivity index (χ0n) is 10.8. The summed E-state index contributed by atoms with van der Waals surface area (Å²) < 4.78 is 2.92. The van der Waals surface area contributed by atoms with Crippen LogP contribution in [0.5, 0.6) is 0 Å². The van der Waals surface area contributed by atoms with Crippen molar-refractivity contribution < 1.29 is 0 Å². The van der Waals surface area contributed by atoms with Crippen LogP contribution in [0.3, 0.4) is 0 Å². The van der Waals surface area contributed by atoms with Gasteiger partial charge in [-0.05, 0) is 38.5 Å². The molecule has 1 heterocycles. The fourth-order valence-corrected chi connectivity index (χ4v) is 2.17. The first kappa shape index (κ1) is 13.0. The molecule has 0 atom stereocenters. The van der Waals surface area contributed by atoms with E-state index in [-0.39, 0.29) is 0 Å². The van der Waals surface area contributed by atoms with Crippen LogP contribution in [0, 0.1) is 13.8 Å². The second kappa shape index (κ2) is 5.02. The number of anilines is 3. The van der Waals surface area contributed by atoms with E-state index in [0.717, 1.165) is 28.2 Å². The molecule has 0 spiro atoms. The number of benzene rings is 1. The molecule has 0 unspecified atom stereocenters. The maximum Gasteiger partial charge on any atom is 0.152 e. The van der Waals surface area contributed by atoms with E-state index in [4.69, 9.17) is 5.73 Å². The maximum atomic E-state index is 6.06. The Morgan fingerprint density at radius 2 is 2.11 bits per heavy atom. The molecule has 0 fully saturated rings. The molecule has 0 aliphatic rings. The van der Waals surface area contributed by atoms with Crippen LogP contribution in [0.15, 0.2) is 22.7 Å². The average Bonchev–Trinajstić information content (AvgIpc) is 2.61. The van der Waals surface area contributed by atoms with Crippen molar-refractivity contribution in [2.45, 2.75) is 27.3 Å². The molecule has 0 aliphatic carbocycles. The van der Waals surface area contributed by atoms with E-state index in [0.29, 0.717) is 5.69 Å². The summed E-state index contributed by atoms with van der Waals surface area (Å²) in [6, 6.07) is 6.12. The monoisotopic (exact) mass is 308 g/mol. The molecule has 0 aliphatic heterocycles. The molecule has 0 radical (unpaired) electrons. The van der Waals surface area contributed by atoms with Crippen LogP contribution in [0.2, 0.25) is 0 Å². The fourth-order valence-electron chi connectivity index (χ4n) is 1.81. The van der Waals surface area contributed by atoms with Crippen molar-refractivity contribution >= 4 is 33.1 Å². The van der Waals surface area contributed by atoms with Gasteiger partial charge in [0.05, 0.1) is 11.4 Å². The standard InChI is InChI=1S/C13H17BrN4/c1-4-18-13(12(15)9(3)17-18)16-11-7-10(14)6-5-8(11)2/h5-7,16H,4,15H2,1-3H3. The molecule has 1 aromatic carbocycles. The Kier molecular flexibility index (Phi) is 3.61. The highest BCUT2D eigenvalue weighted by Crippen LogP contribution is 2.29. The van der Waals surface area contributed by atoms with Crippen molar-refractivity contribution in [2.75, 3.05) is 11.1 Å². The van der Waals surface area contributed by atoms with Gasteiger partial charge in [-0.25, -0.2) is 4.68 Å². The zero-order valence-corrected chi connectivity index (χ0v) is 12.4. The molecule has 1 aromatic heterocycles. The molecule has 4 nitrogen and oxygen atoms in total. The number of hydrogen-bond donors (Lipinski definition) is 2. The highest BCUT2D eigenvalue weighted by molar-refractivity contribution is 9.10. The number of nitrogens with one attached hydrogen (secondary N) is 1. The molecule has 0 amide bonds. The predicted octanol–water partition coefficient (Wildman–Crippen LogP) is 3.61. The Balaban J connectivity index is 2.42. The topological polar surface area (TPSA) is 55.9 Å². The number of rotatable bonds is 3. The van der Waals surface area contributed by atoms with E-state index in [1.807, 2.05) is 30.7 Å². The summed E-state index contributed by atoms with van der Waals surface area (Å²) in [5.41, 5.74) is 9.81. The highest BCUT2D eigenvalue weighted by Gasteiger charge is 2.12. The lowest BCUT2D eigenvalue weighted by molar-refractivity contribution is 0.661. The lowest BCUT2D eigenvalue weighted by Crippen LogP contribution is -2.05. The van der Waals surface area contributed by atoms with Crippen LogP contribution in [0.1, 0.15) is 18.2 Å². The number of aromatic nitrogens is 2. The molecule has 18 heavy (non-hydrogen) atoms. The van der Waals surface area contributed by atoms with Gasteiger partial charge in [0.15, 0.2) is 5.82 Å². The molecular formula is C13H17BrN4. The SMILES string of the molecule is CCn1nc(C)c(N)c1Nc1cc(Br)ccc1C. The first-order valence-corrected chi connectivity index (χ1v) is 6.68. The molecule has 5 heteroatoms. The zero-order chi connectivity index (χ0) is 13.3. The molecule has 3 N–H and O–H groups in total. The third kappa shape index (κ3) is 2.36. The summed E-state index contributed by atoms with van der Waals surface area (Å²) in [6.07, 6.45) is 0.